The first-order chi connectivity index (χ1) is 5.20. The third-order valence-electron chi connectivity index (χ3n) is 2.27. The van der Waals surface area contributed by atoms with Gasteiger partial charge in [-0.2, -0.15) is 0 Å². The summed E-state index contributed by atoms with van der Waals surface area (Å²) in [6.45, 7) is 9.15. The topological polar surface area (TPSA) is 12.0 Å². The minimum absolute atomic E-state index is 0.805. The van der Waals surface area contributed by atoms with Crippen LogP contribution in [-0.4, -0.2) is 13.1 Å². The van der Waals surface area contributed by atoms with Gasteiger partial charge in [0.2, 0.25) is 0 Å². The van der Waals surface area contributed by atoms with Crippen LogP contribution < -0.4 is 5.32 Å². The minimum Gasteiger partial charge on any atom is -0.313 e. The van der Waals surface area contributed by atoms with Crippen LogP contribution in [0.25, 0.3) is 0 Å². The molecule has 0 aliphatic carbocycles. The summed E-state index contributed by atoms with van der Waals surface area (Å²) in [5, 5.41) is 3.41. The first kappa shape index (κ1) is 8.79. The fourth-order valence-electron chi connectivity index (χ4n) is 1.58. The Balaban J connectivity index is 2.52. The summed E-state index contributed by atoms with van der Waals surface area (Å²) in [5.74, 6) is 0.805. The molecule has 0 aromatic heterocycles. The van der Waals surface area contributed by atoms with Crippen molar-refractivity contribution in [2.24, 2.45) is 5.92 Å². The predicted octanol–water partition coefficient (Wildman–Crippen LogP) is 2.34. The van der Waals surface area contributed by atoms with Crippen LogP contribution in [0.5, 0.6) is 0 Å². The van der Waals surface area contributed by atoms with Gasteiger partial charge in [0.15, 0.2) is 0 Å². The number of hydrogen-bond donors (Lipinski definition) is 1. The molecule has 0 radical (unpaired) electrons. The molecule has 0 saturated heterocycles. The molecule has 0 bridgehead atoms. The molecule has 11 heavy (non-hydrogen) atoms. The largest absolute Gasteiger partial charge is 0.313 e. The molecular weight excluding hydrogens is 134 g/mol. The van der Waals surface area contributed by atoms with Gasteiger partial charge >= 0.3 is 0 Å². The second-order valence-corrected chi connectivity index (χ2v) is 3.91. The maximum Gasteiger partial charge on any atom is 0.0167 e. The van der Waals surface area contributed by atoms with Crippen molar-refractivity contribution in [1.82, 2.24) is 5.32 Å². The van der Waals surface area contributed by atoms with Gasteiger partial charge in [0.1, 0.15) is 0 Å². The Morgan fingerprint density at radius 3 is 2.73 bits per heavy atom. The quantitative estimate of drug-likeness (QED) is 0.600. The van der Waals surface area contributed by atoms with Crippen LogP contribution in [0, 0.1) is 5.92 Å². The van der Waals surface area contributed by atoms with E-state index in [9.17, 15) is 0 Å². The molecule has 1 rings (SSSR count). The lowest BCUT2D eigenvalue weighted by molar-refractivity contribution is 0.581. The van der Waals surface area contributed by atoms with Crippen LogP contribution >= 0.6 is 0 Å². The third-order valence-corrected chi connectivity index (χ3v) is 2.27. The fraction of sp³-hybridized carbons (Fsp3) is 0.800. The molecule has 0 amide bonds. The second-order valence-electron chi connectivity index (χ2n) is 3.91. The molecule has 1 N–H and O–H groups in total. The smallest absolute Gasteiger partial charge is 0.0167 e. The monoisotopic (exact) mass is 153 g/mol. The van der Waals surface area contributed by atoms with Gasteiger partial charge in [-0.25, -0.2) is 0 Å². The van der Waals surface area contributed by atoms with E-state index in [4.69, 9.17) is 0 Å². The van der Waals surface area contributed by atoms with Crippen molar-refractivity contribution in [3.8, 4) is 0 Å². The van der Waals surface area contributed by atoms with E-state index in [1.807, 2.05) is 0 Å². The average molecular weight is 153 g/mol. The standard InChI is InChI=1S/C10H19N/c1-8(2)6-10-7-11-5-4-9(10)3/h8,11H,4-7H2,1-3H3. The molecule has 0 unspecified atom stereocenters. The summed E-state index contributed by atoms with van der Waals surface area (Å²) in [6.07, 6.45) is 2.53. The van der Waals surface area contributed by atoms with E-state index in [-0.39, 0.29) is 0 Å². The zero-order valence-electron chi connectivity index (χ0n) is 7.91. The van der Waals surface area contributed by atoms with Gasteiger partial charge in [0.05, 0.1) is 0 Å². The van der Waals surface area contributed by atoms with Crippen molar-refractivity contribution >= 4 is 0 Å². The zero-order valence-corrected chi connectivity index (χ0v) is 7.91. The summed E-state index contributed by atoms with van der Waals surface area (Å²) in [7, 11) is 0. The van der Waals surface area contributed by atoms with Crippen molar-refractivity contribution in [1.29, 1.82) is 0 Å². The van der Waals surface area contributed by atoms with E-state index in [0.29, 0.717) is 0 Å². The summed E-state index contributed by atoms with van der Waals surface area (Å²) in [6, 6.07) is 0. The van der Waals surface area contributed by atoms with Gasteiger partial charge in [-0.05, 0) is 32.2 Å². The lowest BCUT2D eigenvalue weighted by Gasteiger charge is -2.20. The zero-order chi connectivity index (χ0) is 8.27. The highest BCUT2D eigenvalue weighted by Crippen LogP contribution is 2.18. The first-order valence-electron chi connectivity index (χ1n) is 4.58. The maximum absolute atomic E-state index is 3.41. The van der Waals surface area contributed by atoms with Gasteiger partial charge in [-0.15, -0.1) is 0 Å². The number of rotatable bonds is 2. The molecule has 0 aromatic rings. The molecule has 1 heteroatoms. The molecule has 0 saturated carbocycles. The van der Waals surface area contributed by atoms with Crippen molar-refractivity contribution in [3.63, 3.8) is 0 Å². The van der Waals surface area contributed by atoms with E-state index in [1.54, 1.807) is 11.1 Å². The van der Waals surface area contributed by atoms with Crippen LogP contribution in [0.1, 0.15) is 33.6 Å². The Labute approximate surface area is 69.9 Å². The van der Waals surface area contributed by atoms with Gasteiger partial charge in [-0.1, -0.05) is 25.0 Å². The third kappa shape index (κ3) is 2.66. The summed E-state index contributed by atoms with van der Waals surface area (Å²) in [5.41, 5.74) is 3.27. The molecule has 64 valence electrons. The van der Waals surface area contributed by atoms with Crippen molar-refractivity contribution in [3.05, 3.63) is 11.1 Å². The Morgan fingerprint density at radius 2 is 2.18 bits per heavy atom. The van der Waals surface area contributed by atoms with Crippen LogP contribution in [0.4, 0.5) is 0 Å². The van der Waals surface area contributed by atoms with Crippen molar-refractivity contribution in [2.45, 2.75) is 33.6 Å². The first-order valence-corrected chi connectivity index (χ1v) is 4.58. The highest BCUT2D eigenvalue weighted by molar-refractivity contribution is 5.17. The number of nitrogens with one attached hydrogen (secondary N) is 1. The molecule has 0 aromatic carbocycles. The van der Waals surface area contributed by atoms with Gasteiger partial charge < -0.3 is 5.32 Å². The fourth-order valence-corrected chi connectivity index (χ4v) is 1.58. The van der Waals surface area contributed by atoms with Crippen LogP contribution in [0.2, 0.25) is 0 Å². The van der Waals surface area contributed by atoms with E-state index >= 15 is 0 Å². The van der Waals surface area contributed by atoms with E-state index in [2.05, 4.69) is 26.1 Å². The molecule has 0 spiro atoms. The Kier molecular flexibility index (Phi) is 3.13. The van der Waals surface area contributed by atoms with Crippen molar-refractivity contribution < 1.29 is 0 Å². The second kappa shape index (κ2) is 3.91. The lowest BCUT2D eigenvalue weighted by Crippen LogP contribution is -2.25. The van der Waals surface area contributed by atoms with Crippen LogP contribution in [0.15, 0.2) is 11.1 Å². The molecule has 1 aliphatic rings. The van der Waals surface area contributed by atoms with Crippen LogP contribution in [-0.2, 0) is 0 Å². The Hall–Kier alpha value is -0.300. The summed E-state index contributed by atoms with van der Waals surface area (Å²) >= 11 is 0. The molecule has 0 atom stereocenters. The Morgan fingerprint density at radius 1 is 1.45 bits per heavy atom. The normalized spacial score (nSPS) is 19.6. The van der Waals surface area contributed by atoms with Crippen molar-refractivity contribution in [2.75, 3.05) is 13.1 Å². The van der Waals surface area contributed by atoms with E-state index in [0.717, 1.165) is 12.5 Å². The Bertz CT molecular complexity index is 156. The summed E-state index contributed by atoms with van der Waals surface area (Å²) in [4.78, 5) is 0. The number of hydrogen-bond acceptors (Lipinski definition) is 1. The predicted molar refractivity (Wildman–Crippen MR) is 49.6 cm³/mol. The van der Waals surface area contributed by atoms with Gasteiger partial charge in [-0.3, -0.25) is 0 Å². The highest BCUT2D eigenvalue weighted by atomic mass is 14.9. The van der Waals surface area contributed by atoms with Gasteiger partial charge in [0, 0.05) is 6.54 Å². The van der Waals surface area contributed by atoms with E-state index in [1.165, 1.54) is 19.4 Å². The molecule has 1 heterocycles. The SMILES string of the molecule is CC1=C(CC(C)C)CNCC1. The lowest BCUT2D eigenvalue weighted by atomic mass is 9.95. The highest BCUT2D eigenvalue weighted by Gasteiger charge is 2.09. The molecule has 1 nitrogen and oxygen atoms in total. The molecule has 1 aliphatic heterocycles. The molecular formula is C10H19N. The maximum atomic E-state index is 3.41. The van der Waals surface area contributed by atoms with Gasteiger partial charge in [0.25, 0.3) is 0 Å². The molecule has 0 fully saturated rings. The van der Waals surface area contributed by atoms with Crippen LogP contribution in [0.3, 0.4) is 0 Å². The minimum atomic E-state index is 0.805. The average Bonchev–Trinajstić information content (AvgIpc) is 1.93. The summed E-state index contributed by atoms with van der Waals surface area (Å²) < 4.78 is 0. The van der Waals surface area contributed by atoms with E-state index < -0.39 is 0 Å².